The van der Waals surface area contributed by atoms with Gasteiger partial charge in [0.2, 0.25) is 0 Å². The number of aryl methyl sites for hydroxylation is 2. The van der Waals surface area contributed by atoms with Crippen LogP contribution in [0.2, 0.25) is 0 Å². The van der Waals surface area contributed by atoms with Crippen molar-refractivity contribution in [2.45, 2.75) is 59.8 Å². The first-order valence-corrected chi connectivity index (χ1v) is 15.8. The molecule has 0 radical (unpaired) electrons. The van der Waals surface area contributed by atoms with Crippen molar-refractivity contribution in [3.8, 4) is 0 Å². The van der Waals surface area contributed by atoms with Crippen LogP contribution in [0.1, 0.15) is 68.2 Å². The van der Waals surface area contributed by atoms with Crippen LogP contribution in [0.4, 0.5) is 0 Å². The fourth-order valence-corrected chi connectivity index (χ4v) is 5.94. The van der Waals surface area contributed by atoms with Gasteiger partial charge in [0.15, 0.2) is 0 Å². The van der Waals surface area contributed by atoms with E-state index in [9.17, 15) is 0 Å². The first-order chi connectivity index (χ1) is 19.5. The van der Waals surface area contributed by atoms with Gasteiger partial charge >= 0.3 is 99.2 Å². The van der Waals surface area contributed by atoms with Crippen LogP contribution in [0.15, 0.2) is 120 Å². The molecule has 5 aromatic carbocycles. The van der Waals surface area contributed by atoms with Crippen molar-refractivity contribution < 1.29 is 24.2 Å². The van der Waals surface area contributed by atoms with Crippen molar-refractivity contribution in [2.75, 3.05) is 0 Å². The van der Waals surface area contributed by atoms with Crippen LogP contribution in [0.25, 0.3) is 21.5 Å². The van der Waals surface area contributed by atoms with Crippen LogP contribution in [-0.4, -0.2) is 3.21 Å². The molecule has 0 atom stereocenters. The first kappa shape index (κ1) is 30.0. The molecule has 0 saturated carbocycles. The van der Waals surface area contributed by atoms with Crippen LogP contribution in [0.3, 0.4) is 0 Å². The van der Waals surface area contributed by atoms with Gasteiger partial charge in [-0.1, -0.05) is 68.5 Å². The van der Waals surface area contributed by atoms with Crippen LogP contribution >= 0.6 is 0 Å². The molecule has 0 N–H and O–H groups in total. The van der Waals surface area contributed by atoms with Gasteiger partial charge in [-0.2, -0.15) is 5.57 Å². The maximum absolute atomic E-state index is 3.42. The molecule has 0 fully saturated rings. The molecule has 0 spiro atoms. The minimum absolute atomic E-state index is 1.10. The molecule has 0 amide bonds. The molecule has 1 aliphatic carbocycles. The number of hydrogen-bond donors (Lipinski definition) is 0. The second-order valence-electron chi connectivity index (χ2n) is 10.6. The number of fused-ring (bicyclic) bond motifs is 3. The Labute approximate surface area is 256 Å². The van der Waals surface area contributed by atoms with Gasteiger partial charge in [-0.25, -0.2) is 11.6 Å². The van der Waals surface area contributed by atoms with E-state index in [2.05, 4.69) is 143 Å². The zero-order chi connectivity index (χ0) is 28.3. The van der Waals surface area contributed by atoms with Crippen molar-refractivity contribution >= 4 is 24.8 Å². The zero-order valence-corrected chi connectivity index (χ0v) is 26.9. The Balaban J connectivity index is 0.000000141. The average Bonchev–Trinajstić information content (AvgIpc) is 3.57. The average molecular weight is 600 g/mol. The molecule has 6 rings (SSSR count). The third-order valence-corrected chi connectivity index (χ3v) is 8.57. The first-order valence-electron chi connectivity index (χ1n) is 14.5. The molecule has 1 aliphatic rings. The molecule has 0 saturated heterocycles. The van der Waals surface area contributed by atoms with Gasteiger partial charge in [0.05, 0.1) is 0 Å². The Morgan fingerprint density at radius 2 is 1.20 bits per heavy atom. The summed E-state index contributed by atoms with van der Waals surface area (Å²) in [6, 6.07) is 36.7. The molecule has 0 unspecified atom stereocenters. The Morgan fingerprint density at radius 1 is 0.700 bits per heavy atom. The standard InChI is InChI=1S/C15H13.C13H10.C11H17.Zr/c1-10-3-5-14-12(7-10)9-13-8-11(2)4-6-15(13)14;1-3-7-12(8-4-1)11-13-9-5-2-6-10-13;1-3-5-10-7-8-11(9-10)6-4-2;/h3-9H,1-2H3;1-10H;9H,3-7H2,1-2H3;/q-1;;-1;+2. The van der Waals surface area contributed by atoms with Crippen molar-refractivity contribution in [2.24, 2.45) is 0 Å². The molecule has 0 aromatic heterocycles. The zero-order valence-electron chi connectivity index (χ0n) is 24.4. The normalized spacial score (nSPS) is 12.2. The predicted molar refractivity (Wildman–Crippen MR) is 172 cm³/mol. The Kier molecular flexibility index (Phi) is 11.3. The fourth-order valence-electron chi connectivity index (χ4n) is 5.12. The molecule has 200 valence electrons. The number of rotatable bonds is 6. The van der Waals surface area contributed by atoms with Gasteiger partial charge in [0, 0.05) is 0 Å². The number of benzene rings is 4. The van der Waals surface area contributed by atoms with Crippen molar-refractivity contribution in [1.29, 1.82) is 0 Å². The molecule has 0 aliphatic heterocycles. The summed E-state index contributed by atoms with van der Waals surface area (Å²) in [5.41, 5.74) is 8.34. The molecular weight excluding hydrogens is 560 g/mol. The molecule has 5 aromatic rings. The number of allylic oxidation sites excluding steroid dienone is 4. The molecule has 1 heteroatoms. The Hall–Kier alpha value is -3.02. The van der Waals surface area contributed by atoms with Gasteiger partial charge in [-0.15, -0.1) is 46.2 Å². The SMILES string of the molecule is CCCC1=[C-]CC(CCC)=C1.Cc1ccc2c(c1)[cH-]c1cc(C)ccc12.[Zr+2]=[C](c1ccccc1)c1ccccc1. The summed E-state index contributed by atoms with van der Waals surface area (Å²) in [4.78, 5) is 0. The van der Waals surface area contributed by atoms with E-state index in [1.165, 1.54) is 102 Å². The third-order valence-electron chi connectivity index (χ3n) is 7.15. The van der Waals surface area contributed by atoms with Gasteiger partial charge in [-0.05, 0) is 20.3 Å². The summed E-state index contributed by atoms with van der Waals surface area (Å²) >= 11 is 1.46. The summed E-state index contributed by atoms with van der Waals surface area (Å²) in [6.45, 7) is 8.74. The summed E-state index contributed by atoms with van der Waals surface area (Å²) < 4.78 is 1.42. The van der Waals surface area contributed by atoms with E-state index in [1.54, 1.807) is 5.57 Å². The fraction of sp³-hybridized carbons (Fsp3) is 0.231. The monoisotopic (exact) mass is 598 g/mol. The van der Waals surface area contributed by atoms with E-state index in [0.29, 0.717) is 0 Å². The Bertz CT molecular complexity index is 1500. The van der Waals surface area contributed by atoms with Gasteiger partial charge < -0.3 is 0 Å². The summed E-state index contributed by atoms with van der Waals surface area (Å²) in [5.74, 6) is 0. The van der Waals surface area contributed by atoms with Crippen molar-refractivity contribution in [1.82, 2.24) is 0 Å². The van der Waals surface area contributed by atoms with E-state index in [-0.39, 0.29) is 0 Å². The van der Waals surface area contributed by atoms with E-state index in [1.807, 2.05) is 0 Å². The molecule has 0 nitrogen and oxygen atoms in total. The summed E-state index contributed by atoms with van der Waals surface area (Å²) in [5, 5.41) is 5.46. The second-order valence-corrected chi connectivity index (χ2v) is 11.8. The van der Waals surface area contributed by atoms with Crippen molar-refractivity contribution in [3.63, 3.8) is 0 Å². The van der Waals surface area contributed by atoms with Crippen LogP contribution in [0, 0.1) is 19.9 Å². The van der Waals surface area contributed by atoms with Gasteiger partial charge in [-0.3, -0.25) is 6.08 Å². The van der Waals surface area contributed by atoms with E-state index >= 15 is 0 Å². The minimum atomic E-state index is 1.10. The van der Waals surface area contributed by atoms with Crippen LogP contribution in [-0.2, 0) is 24.2 Å². The van der Waals surface area contributed by atoms with Crippen LogP contribution < -0.4 is 0 Å². The quantitative estimate of drug-likeness (QED) is 0.170. The second kappa shape index (κ2) is 15.1. The topological polar surface area (TPSA) is 0 Å². The van der Waals surface area contributed by atoms with Crippen LogP contribution in [0.5, 0.6) is 0 Å². The summed E-state index contributed by atoms with van der Waals surface area (Å²) in [7, 11) is 0. The molecule has 0 bridgehead atoms. The molecule has 40 heavy (non-hydrogen) atoms. The van der Waals surface area contributed by atoms with E-state index in [0.717, 1.165) is 6.42 Å². The maximum atomic E-state index is 3.42. The predicted octanol–water partition coefficient (Wildman–Crippen LogP) is 10.8. The molecule has 0 heterocycles. The van der Waals surface area contributed by atoms with Crippen molar-refractivity contribution in [3.05, 3.63) is 149 Å². The summed E-state index contributed by atoms with van der Waals surface area (Å²) in [6.07, 6.45) is 11.9. The number of hydrogen-bond acceptors (Lipinski definition) is 0. The molecular formula is C39H40Zr. The third kappa shape index (κ3) is 8.25. The van der Waals surface area contributed by atoms with Gasteiger partial charge in [0.1, 0.15) is 0 Å². The van der Waals surface area contributed by atoms with E-state index in [4.69, 9.17) is 0 Å². The van der Waals surface area contributed by atoms with Gasteiger partial charge in [0.25, 0.3) is 0 Å². The van der Waals surface area contributed by atoms with E-state index < -0.39 is 0 Å². The Morgan fingerprint density at radius 3 is 1.68 bits per heavy atom.